The summed E-state index contributed by atoms with van der Waals surface area (Å²) in [5.74, 6) is 3.91. The van der Waals surface area contributed by atoms with Crippen LogP contribution < -0.4 is 19.3 Å². The molecule has 2 aliphatic heterocycles. The third-order valence-electron chi connectivity index (χ3n) is 13.4. The average molecular weight is 981 g/mol. The van der Waals surface area contributed by atoms with E-state index in [9.17, 15) is 0 Å². The van der Waals surface area contributed by atoms with Crippen LogP contribution in [0.2, 0.25) is 0 Å². The van der Waals surface area contributed by atoms with E-state index in [1.165, 1.54) is 0 Å². The molecule has 6 aromatic carbocycles. The largest absolute Gasteiger partial charge is 0.453 e. The van der Waals surface area contributed by atoms with Gasteiger partial charge < -0.3 is 19.3 Å². The Morgan fingerprint density at radius 1 is 0.276 bits per heavy atom. The standard InChI is InChI=1S/C64H40N10O2/c1-5-23-59-53(19-1)73(54-20-2-6-24-60(54)75-59)57-35-41(49-37-51(43-15-13-31-65-39-43)71-64(70-49)48-18-10-12-34-68-48)27-29-45(57)46-30-28-42(36-58(46)74-55-21-3-7-25-61(55)76-62-26-8-4-22-56(62)74)50-38-52(47-17-9-11-33-67-47)72-63(69-50)44-16-14-32-66-40-44/h1-40H. The van der Waals surface area contributed by atoms with Crippen molar-refractivity contribution in [3.8, 4) is 102 Å². The minimum atomic E-state index is 0.495. The number of rotatable bonds is 9. The van der Waals surface area contributed by atoms with Gasteiger partial charge in [0.05, 0.1) is 62.6 Å². The summed E-state index contributed by atoms with van der Waals surface area (Å²) < 4.78 is 13.3. The van der Waals surface area contributed by atoms with E-state index in [1.807, 2.05) is 152 Å². The zero-order valence-corrected chi connectivity index (χ0v) is 40.4. The molecule has 2 aliphatic rings. The van der Waals surface area contributed by atoms with E-state index in [-0.39, 0.29) is 0 Å². The van der Waals surface area contributed by atoms with Crippen LogP contribution in [0.5, 0.6) is 23.0 Å². The number of aromatic nitrogens is 8. The van der Waals surface area contributed by atoms with Crippen molar-refractivity contribution in [2.45, 2.75) is 0 Å². The molecule has 8 heterocycles. The Balaban J connectivity index is 1.05. The molecular formula is C64H40N10O2. The average Bonchev–Trinajstić information content (AvgIpc) is 3.58. The van der Waals surface area contributed by atoms with Crippen LogP contribution in [-0.4, -0.2) is 39.9 Å². The van der Waals surface area contributed by atoms with Crippen molar-refractivity contribution in [1.82, 2.24) is 39.9 Å². The van der Waals surface area contributed by atoms with E-state index in [0.717, 1.165) is 102 Å². The maximum atomic E-state index is 6.65. The summed E-state index contributed by atoms with van der Waals surface area (Å²) in [5, 5.41) is 0. The SMILES string of the molecule is c1ccc(-c2cc(-c3ccc(-c4ccc(-c5cc(-c6cccnc6)nc(-c6ccccn6)n5)cc4N4c5ccccc5Oc5ccccc54)c(N4c5ccccc5Oc5ccccc54)c3)nc(-c3cccnc3)n2)nc1. The number of fused-ring (bicyclic) bond motifs is 4. The first-order valence-electron chi connectivity index (χ1n) is 24.7. The van der Waals surface area contributed by atoms with E-state index in [2.05, 4.69) is 85.4 Å². The number of anilines is 6. The summed E-state index contributed by atoms with van der Waals surface area (Å²) in [6.45, 7) is 0. The Kier molecular flexibility index (Phi) is 10.8. The number of benzene rings is 6. The zero-order chi connectivity index (χ0) is 50.4. The highest BCUT2D eigenvalue weighted by molar-refractivity contribution is 6.01. The fraction of sp³-hybridized carbons (Fsp3) is 0. The smallest absolute Gasteiger partial charge is 0.179 e. The first-order valence-corrected chi connectivity index (χ1v) is 24.7. The molecule has 0 spiro atoms. The first kappa shape index (κ1) is 44.0. The van der Waals surface area contributed by atoms with Gasteiger partial charge in [0.2, 0.25) is 0 Å². The molecule has 0 saturated heterocycles. The minimum Gasteiger partial charge on any atom is -0.453 e. The minimum absolute atomic E-state index is 0.495. The van der Waals surface area contributed by atoms with Crippen LogP contribution >= 0.6 is 0 Å². The normalized spacial score (nSPS) is 12.1. The van der Waals surface area contributed by atoms with Crippen molar-refractivity contribution >= 4 is 34.1 Å². The van der Waals surface area contributed by atoms with Crippen LogP contribution in [0, 0.1) is 0 Å². The second-order valence-corrected chi connectivity index (χ2v) is 18.0. The van der Waals surface area contributed by atoms with Gasteiger partial charge in [0.15, 0.2) is 34.6 Å². The Bertz CT molecular complexity index is 3670. The third kappa shape index (κ3) is 7.99. The maximum absolute atomic E-state index is 6.65. The number of nitrogens with zero attached hydrogens (tertiary/aromatic N) is 10. The second-order valence-electron chi connectivity index (χ2n) is 18.0. The summed E-state index contributed by atoms with van der Waals surface area (Å²) in [5.41, 5.74) is 14.7. The van der Waals surface area contributed by atoms with Gasteiger partial charge in [-0.1, -0.05) is 84.9 Å². The zero-order valence-electron chi connectivity index (χ0n) is 40.4. The predicted molar refractivity (Wildman–Crippen MR) is 296 cm³/mol. The fourth-order valence-corrected chi connectivity index (χ4v) is 9.87. The van der Waals surface area contributed by atoms with Gasteiger partial charge in [-0.05, 0) is 121 Å². The highest BCUT2D eigenvalue weighted by atomic mass is 16.5. The fourth-order valence-electron chi connectivity index (χ4n) is 9.87. The van der Waals surface area contributed by atoms with Gasteiger partial charge in [-0.2, -0.15) is 0 Å². The molecule has 0 fully saturated rings. The molecule has 12 heteroatoms. The van der Waals surface area contributed by atoms with Crippen molar-refractivity contribution < 1.29 is 9.47 Å². The Labute approximate surface area is 437 Å². The molecule has 0 amide bonds. The lowest BCUT2D eigenvalue weighted by Gasteiger charge is -2.36. The lowest BCUT2D eigenvalue weighted by Crippen LogP contribution is -2.18. The number of pyridine rings is 4. The van der Waals surface area contributed by atoms with Crippen LogP contribution in [0.3, 0.4) is 0 Å². The van der Waals surface area contributed by atoms with Gasteiger partial charge in [0.1, 0.15) is 5.69 Å². The molecule has 0 unspecified atom stereocenters. The molecule has 0 bridgehead atoms. The molecule has 0 aliphatic carbocycles. The van der Waals surface area contributed by atoms with Crippen molar-refractivity contribution in [1.29, 1.82) is 0 Å². The number of hydrogen-bond donors (Lipinski definition) is 0. The summed E-state index contributed by atoms with van der Waals surface area (Å²) in [4.78, 5) is 43.4. The molecular weight excluding hydrogens is 941 g/mol. The third-order valence-corrected chi connectivity index (χ3v) is 13.4. The van der Waals surface area contributed by atoms with E-state index < -0.39 is 0 Å². The van der Waals surface area contributed by atoms with E-state index in [1.54, 1.807) is 31.0 Å². The molecule has 0 N–H and O–H groups in total. The van der Waals surface area contributed by atoms with Crippen LogP contribution in [0.15, 0.2) is 243 Å². The summed E-state index contributed by atoms with van der Waals surface area (Å²) in [6.07, 6.45) is 10.6. The molecule has 0 saturated carbocycles. The van der Waals surface area contributed by atoms with Crippen molar-refractivity contribution in [3.63, 3.8) is 0 Å². The molecule has 12 aromatic rings. The molecule has 76 heavy (non-hydrogen) atoms. The first-order chi connectivity index (χ1) is 37.7. The van der Waals surface area contributed by atoms with E-state index in [4.69, 9.17) is 34.4 Å². The van der Waals surface area contributed by atoms with Gasteiger partial charge in [0, 0.05) is 70.6 Å². The van der Waals surface area contributed by atoms with Crippen LogP contribution in [0.4, 0.5) is 34.1 Å². The van der Waals surface area contributed by atoms with Crippen LogP contribution in [0.1, 0.15) is 0 Å². The van der Waals surface area contributed by atoms with Crippen molar-refractivity contribution in [3.05, 3.63) is 243 Å². The molecule has 12 nitrogen and oxygen atoms in total. The lowest BCUT2D eigenvalue weighted by molar-refractivity contribution is 0.476. The predicted octanol–water partition coefficient (Wildman–Crippen LogP) is 15.7. The molecule has 6 aromatic heterocycles. The van der Waals surface area contributed by atoms with Crippen molar-refractivity contribution in [2.24, 2.45) is 0 Å². The summed E-state index contributed by atoms with van der Waals surface area (Å²) in [6, 6.07) is 69.1. The molecule has 358 valence electrons. The topological polar surface area (TPSA) is 128 Å². The van der Waals surface area contributed by atoms with Gasteiger partial charge in [-0.15, -0.1) is 0 Å². The summed E-state index contributed by atoms with van der Waals surface area (Å²) >= 11 is 0. The molecule has 0 radical (unpaired) electrons. The monoisotopic (exact) mass is 980 g/mol. The quantitative estimate of drug-likeness (QED) is 0.137. The molecule has 14 rings (SSSR count). The van der Waals surface area contributed by atoms with Gasteiger partial charge in [-0.25, -0.2) is 19.9 Å². The Hall–Kier alpha value is -10.7. The number of hydrogen-bond acceptors (Lipinski definition) is 12. The molecule has 0 atom stereocenters. The van der Waals surface area contributed by atoms with Crippen LogP contribution in [-0.2, 0) is 0 Å². The number of ether oxygens (including phenoxy) is 2. The highest BCUT2D eigenvalue weighted by Crippen LogP contribution is 2.57. The van der Waals surface area contributed by atoms with E-state index in [0.29, 0.717) is 34.4 Å². The van der Waals surface area contributed by atoms with Gasteiger partial charge in [0.25, 0.3) is 0 Å². The van der Waals surface area contributed by atoms with Gasteiger partial charge >= 0.3 is 0 Å². The van der Waals surface area contributed by atoms with Gasteiger partial charge in [-0.3, -0.25) is 19.9 Å². The summed E-state index contributed by atoms with van der Waals surface area (Å²) in [7, 11) is 0. The lowest BCUT2D eigenvalue weighted by atomic mass is 9.93. The maximum Gasteiger partial charge on any atom is 0.179 e. The Morgan fingerprint density at radius 2 is 0.697 bits per heavy atom. The second kappa shape index (κ2) is 18.7. The number of para-hydroxylation sites is 8. The van der Waals surface area contributed by atoms with E-state index >= 15 is 0 Å². The van der Waals surface area contributed by atoms with Crippen LogP contribution in [0.25, 0.3) is 79.2 Å². The Morgan fingerprint density at radius 3 is 1.17 bits per heavy atom. The van der Waals surface area contributed by atoms with Crippen molar-refractivity contribution in [2.75, 3.05) is 9.80 Å². The highest BCUT2D eigenvalue weighted by Gasteiger charge is 2.32.